The van der Waals surface area contributed by atoms with Crippen LogP contribution in [-0.4, -0.2) is 43.4 Å². The van der Waals surface area contributed by atoms with Gasteiger partial charge in [0.05, 0.1) is 0 Å². The second-order valence-electron chi connectivity index (χ2n) is 6.86. The van der Waals surface area contributed by atoms with Gasteiger partial charge in [0.15, 0.2) is 0 Å². The molecule has 1 aromatic rings. The molecule has 0 aliphatic carbocycles. The van der Waals surface area contributed by atoms with Crippen molar-refractivity contribution in [3.05, 3.63) is 35.1 Å². The molecule has 1 saturated heterocycles. The van der Waals surface area contributed by atoms with Crippen molar-refractivity contribution in [1.29, 1.82) is 0 Å². The van der Waals surface area contributed by atoms with Crippen LogP contribution in [0.2, 0.25) is 0 Å². The van der Waals surface area contributed by atoms with Gasteiger partial charge in [0.2, 0.25) is 11.8 Å². The quantitative estimate of drug-likeness (QED) is 0.824. The fourth-order valence-electron chi connectivity index (χ4n) is 3.15. The molecule has 2 amide bonds. The second-order valence-corrected chi connectivity index (χ2v) is 6.86. The number of piperidine rings is 1. The SMILES string of the molecule is CNCC(C)C(=O)N1CCC(C(=O)NCc2ccc(C)c(F)c2)CC1. The van der Waals surface area contributed by atoms with E-state index in [1.807, 2.05) is 24.9 Å². The lowest BCUT2D eigenvalue weighted by Gasteiger charge is -2.33. The van der Waals surface area contributed by atoms with Crippen LogP contribution in [0.3, 0.4) is 0 Å². The van der Waals surface area contributed by atoms with E-state index in [9.17, 15) is 14.0 Å². The summed E-state index contributed by atoms with van der Waals surface area (Å²) in [6.45, 7) is 5.84. The molecule has 2 N–H and O–H groups in total. The van der Waals surface area contributed by atoms with E-state index in [0.29, 0.717) is 44.6 Å². The first-order chi connectivity index (χ1) is 11.9. The Morgan fingerprint density at radius 2 is 2.00 bits per heavy atom. The first-order valence-electron chi connectivity index (χ1n) is 8.88. The third-order valence-electron chi connectivity index (χ3n) is 4.81. The number of carbonyl (C=O) groups excluding carboxylic acids is 2. The molecule has 1 aliphatic heterocycles. The number of aryl methyl sites for hydroxylation is 1. The first kappa shape index (κ1) is 19.4. The highest BCUT2D eigenvalue weighted by molar-refractivity contribution is 5.81. The number of amides is 2. The summed E-state index contributed by atoms with van der Waals surface area (Å²) in [5, 5.41) is 5.90. The van der Waals surface area contributed by atoms with Crippen LogP contribution in [0.25, 0.3) is 0 Å². The van der Waals surface area contributed by atoms with E-state index in [-0.39, 0.29) is 29.5 Å². The average molecular weight is 349 g/mol. The molecule has 0 bridgehead atoms. The molecule has 0 radical (unpaired) electrons. The summed E-state index contributed by atoms with van der Waals surface area (Å²) in [6.07, 6.45) is 1.35. The highest BCUT2D eigenvalue weighted by Crippen LogP contribution is 2.19. The molecule has 0 spiro atoms. The number of rotatable bonds is 6. The normalized spacial score (nSPS) is 16.6. The molecule has 0 saturated carbocycles. The fourth-order valence-corrected chi connectivity index (χ4v) is 3.15. The molecule has 1 unspecified atom stereocenters. The number of nitrogens with zero attached hydrogens (tertiary/aromatic N) is 1. The number of hydrogen-bond acceptors (Lipinski definition) is 3. The van der Waals surface area contributed by atoms with Crippen LogP contribution in [0.5, 0.6) is 0 Å². The Morgan fingerprint density at radius 1 is 1.32 bits per heavy atom. The van der Waals surface area contributed by atoms with Gasteiger partial charge in [-0.05, 0) is 44.0 Å². The van der Waals surface area contributed by atoms with Crippen LogP contribution in [0.15, 0.2) is 18.2 Å². The Kier molecular flexibility index (Phi) is 6.93. The summed E-state index contributed by atoms with van der Waals surface area (Å²) in [4.78, 5) is 26.5. The topological polar surface area (TPSA) is 61.4 Å². The van der Waals surface area contributed by atoms with Crippen molar-refractivity contribution in [2.45, 2.75) is 33.2 Å². The van der Waals surface area contributed by atoms with Crippen LogP contribution in [0.4, 0.5) is 4.39 Å². The van der Waals surface area contributed by atoms with Gasteiger partial charge in [0.25, 0.3) is 0 Å². The van der Waals surface area contributed by atoms with E-state index in [1.54, 1.807) is 13.0 Å². The maximum atomic E-state index is 13.5. The average Bonchev–Trinajstić information content (AvgIpc) is 2.62. The summed E-state index contributed by atoms with van der Waals surface area (Å²) in [5.41, 5.74) is 1.35. The predicted octanol–water partition coefficient (Wildman–Crippen LogP) is 1.84. The lowest BCUT2D eigenvalue weighted by molar-refractivity contribution is -0.138. The van der Waals surface area contributed by atoms with Crippen LogP contribution in [0.1, 0.15) is 30.9 Å². The number of halogens is 1. The Hall–Kier alpha value is -1.95. The number of nitrogens with one attached hydrogen (secondary N) is 2. The summed E-state index contributed by atoms with van der Waals surface area (Å²) < 4.78 is 13.5. The summed E-state index contributed by atoms with van der Waals surface area (Å²) in [6, 6.07) is 5.00. The van der Waals surface area contributed by atoms with Crippen molar-refractivity contribution in [2.75, 3.05) is 26.7 Å². The van der Waals surface area contributed by atoms with Crippen LogP contribution in [0, 0.1) is 24.6 Å². The molecule has 1 fully saturated rings. The van der Waals surface area contributed by atoms with Gasteiger partial charge in [-0.15, -0.1) is 0 Å². The zero-order chi connectivity index (χ0) is 18.4. The minimum Gasteiger partial charge on any atom is -0.352 e. The molecular weight excluding hydrogens is 321 g/mol. The van der Waals surface area contributed by atoms with Crippen molar-refractivity contribution >= 4 is 11.8 Å². The van der Waals surface area contributed by atoms with Crippen molar-refractivity contribution < 1.29 is 14.0 Å². The van der Waals surface area contributed by atoms with Gasteiger partial charge >= 0.3 is 0 Å². The molecule has 1 atom stereocenters. The van der Waals surface area contributed by atoms with Gasteiger partial charge in [-0.3, -0.25) is 9.59 Å². The van der Waals surface area contributed by atoms with E-state index in [2.05, 4.69) is 10.6 Å². The van der Waals surface area contributed by atoms with Crippen LogP contribution >= 0.6 is 0 Å². The molecule has 6 heteroatoms. The van der Waals surface area contributed by atoms with E-state index in [0.717, 1.165) is 5.56 Å². The zero-order valence-electron chi connectivity index (χ0n) is 15.3. The molecule has 1 aliphatic rings. The smallest absolute Gasteiger partial charge is 0.226 e. The number of carbonyl (C=O) groups is 2. The van der Waals surface area contributed by atoms with Gasteiger partial charge in [0.1, 0.15) is 5.82 Å². The first-order valence-corrected chi connectivity index (χ1v) is 8.88. The lowest BCUT2D eigenvalue weighted by Crippen LogP contribution is -2.45. The van der Waals surface area contributed by atoms with Crippen LogP contribution in [-0.2, 0) is 16.1 Å². The maximum absolute atomic E-state index is 13.5. The minimum absolute atomic E-state index is 0.0173. The molecular formula is C19H28FN3O2. The predicted molar refractivity (Wildman–Crippen MR) is 95.4 cm³/mol. The highest BCUT2D eigenvalue weighted by atomic mass is 19.1. The summed E-state index contributed by atoms with van der Waals surface area (Å²) >= 11 is 0. The highest BCUT2D eigenvalue weighted by Gasteiger charge is 2.28. The standard InChI is InChI=1S/C19H28FN3O2/c1-13-4-5-15(10-17(13)20)12-22-18(24)16-6-8-23(9-7-16)19(25)14(2)11-21-3/h4-5,10,14,16,21H,6-9,11-12H2,1-3H3,(H,22,24). The molecule has 0 aromatic heterocycles. The van der Waals surface area contributed by atoms with Crippen molar-refractivity contribution in [2.24, 2.45) is 11.8 Å². The van der Waals surface area contributed by atoms with Gasteiger partial charge in [-0.1, -0.05) is 19.1 Å². The number of benzene rings is 1. The largest absolute Gasteiger partial charge is 0.352 e. The van der Waals surface area contributed by atoms with Gasteiger partial charge in [-0.2, -0.15) is 0 Å². The molecule has 1 aromatic carbocycles. The van der Waals surface area contributed by atoms with Crippen molar-refractivity contribution in [1.82, 2.24) is 15.5 Å². The Morgan fingerprint density at radius 3 is 2.60 bits per heavy atom. The molecule has 2 rings (SSSR count). The minimum atomic E-state index is -0.255. The van der Waals surface area contributed by atoms with E-state index >= 15 is 0 Å². The second kappa shape index (κ2) is 8.94. The van der Waals surface area contributed by atoms with Gasteiger partial charge < -0.3 is 15.5 Å². The van der Waals surface area contributed by atoms with Crippen molar-refractivity contribution in [3.63, 3.8) is 0 Å². The van der Waals surface area contributed by atoms with Gasteiger partial charge in [-0.25, -0.2) is 4.39 Å². The lowest BCUT2D eigenvalue weighted by atomic mass is 9.95. The molecule has 1 heterocycles. The van der Waals surface area contributed by atoms with Crippen LogP contribution < -0.4 is 10.6 Å². The van der Waals surface area contributed by atoms with E-state index < -0.39 is 0 Å². The summed E-state index contributed by atoms with van der Waals surface area (Å²) in [5.74, 6) is -0.264. The van der Waals surface area contributed by atoms with E-state index in [1.165, 1.54) is 6.07 Å². The number of likely N-dealkylation sites (tertiary alicyclic amines) is 1. The zero-order valence-corrected chi connectivity index (χ0v) is 15.3. The Labute approximate surface area is 149 Å². The third-order valence-corrected chi connectivity index (χ3v) is 4.81. The third kappa shape index (κ3) is 5.26. The van der Waals surface area contributed by atoms with Gasteiger partial charge in [0, 0.05) is 38.0 Å². The number of hydrogen-bond donors (Lipinski definition) is 2. The molecule has 5 nitrogen and oxygen atoms in total. The van der Waals surface area contributed by atoms with Crippen molar-refractivity contribution in [3.8, 4) is 0 Å². The molecule has 138 valence electrons. The molecule has 25 heavy (non-hydrogen) atoms. The fraction of sp³-hybridized carbons (Fsp3) is 0.579. The monoisotopic (exact) mass is 349 g/mol. The maximum Gasteiger partial charge on any atom is 0.226 e. The Balaban J connectivity index is 1.79. The van der Waals surface area contributed by atoms with E-state index in [4.69, 9.17) is 0 Å². The summed E-state index contributed by atoms with van der Waals surface area (Å²) in [7, 11) is 1.83. The Bertz CT molecular complexity index is 613.